The van der Waals surface area contributed by atoms with Crippen LogP contribution < -0.4 is 0 Å². The molecule has 0 unspecified atom stereocenters. The molecule has 0 atom stereocenters. The molecule has 5 nitrogen and oxygen atoms in total. The average Bonchev–Trinajstić information content (AvgIpc) is 3.82. The molecule has 0 amide bonds. The molecule has 0 spiro atoms. The van der Waals surface area contributed by atoms with E-state index in [1.165, 1.54) is 22.9 Å². The molecule has 0 saturated carbocycles. The zero-order valence-corrected chi connectivity index (χ0v) is 37.5. The van der Waals surface area contributed by atoms with Crippen molar-refractivity contribution >= 4 is 33.0 Å². The van der Waals surface area contributed by atoms with Crippen molar-refractivity contribution in [2.24, 2.45) is 0 Å². The SMILES string of the molecule is Cc1nc(-c2ccccc2)cc2c1nc(-c1[c-]ccc3c1oc1ccccc13)n2-c1c(C(C)C)cccc1C(C)C.[2H]C([2H])([2H])c1c[c-]c(-c2ccc(C(C)(C)C)cn2)c(F)c1.[Ir]. The average molecular weight is 972 g/mol. The predicted molar refractivity (Wildman–Crippen MR) is 241 cm³/mol. The van der Waals surface area contributed by atoms with Crippen LogP contribution in [0.1, 0.15) is 92.4 Å². The standard InChI is InChI=1S/C37H32N3O.C16H17FN.Ir/c1-22(2)26-16-11-17-27(23(3)4)35(26)40-32-21-31(25-13-7-6-8-14-25)38-24(5)34(32)39-37(40)30-19-12-18-29-28-15-9-10-20-33(28)41-36(29)30;1-11-5-7-13(14(17)9-11)15-8-6-12(10-18-15)16(2,3)4;/h6-18,20-23H,1-5H3;5-6,8-10H,1-4H3;/q2*-1;/i;1D3;. The number of pyridine rings is 2. The van der Waals surface area contributed by atoms with Crippen LogP contribution in [0.3, 0.4) is 0 Å². The maximum absolute atomic E-state index is 14.1. The van der Waals surface area contributed by atoms with Crippen LogP contribution in [0.5, 0.6) is 0 Å². The summed E-state index contributed by atoms with van der Waals surface area (Å²) in [5.41, 5.74) is 12.7. The number of aromatic nitrogens is 4. The van der Waals surface area contributed by atoms with E-state index in [0.29, 0.717) is 17.5 Å². The quantitative estimate of drug-likeness (QED) is 0.156. The molecule has 9 rings (SSSR count). The van der Waals surface area contributed by atoms with Crippen molar-refractivity contribution in [2.75, 3.05) is 0 Å². The number of rotatable bonds is 6. The summed E-state index contributed by atoms with van der Waals surface area (Å²) < 4.78 is 44.7. The monoisotopic (exact) mass is 972 g/mol. The van der Waals surface area contributed by atoms with E-state index in [-0.39, 0.29) is 36.6 Å². The van der Waals surface area contributed by atoms with Gasteiger partial charge in [-0.1, -0.05) is 151 Å². The first-order chi connectivity index (χ1) is 29.5. The Morgan fingerprint density at radius 2 is 1.48 bits per heavy atom. The molecule has 1 radical (unpaired) electrons. The fourth-order valence-corrected chi connectivity index (χ4v) is 7.66. The number of hydrogen-bond donors (Lipinski definition) is 0. The summed E-state index contributed by atoms with van der Waals surface area (Å²) in [6.45, 7) is 15.0. The van der Waals surface area contributed by atoms with Crippen LogP contribution in [0.15, 0.2) is 126 Å². The fourth-order valence-electron chi connectivity index (χ4n) is 7.66. The number of fused-ring (bicyclic) bond motifs is 4. The first-order valence-electron chi connectivity index (χ1n) is 21.6. The Labute approximate surface area is 370 Å². The normalized spacial score (nSPS) is 12.6. The van der Waals surface area contributed by atoms with Crippen LogP contribution in [0.2, 0.25) is 0 Å². The molecule has 60 heavy (non-hydrogen) atoms. The molecule has 0 N–H and O–H groups in total. The van der Waals surface area contributed by atoms with Crippen molar-refractivity contribution in [1.82, 2.24) is 19.5 Å². The molecule has 0 bridgehead atoms. The van der Waals surface area contributed by atoms with E-state index in [4.69, 9.17) is 18.5 Å². The van der Waals surface area contributed by atoms with Gasteiger partial charge in [0, 0.05) is 52.9 Å². The van der Waals surface area contributed by atoms with E-state index in [0.717, 1.165) is 72.9 Å². The van der Waals surface area contributed by atoms with Gasteiger partial charge in [0.25, 0.3) is 0 Å². The van der Waals surface area contributed by atoms with Gasteiger partial charge in [0.05, 0.1) is 33.8 Å². The van der Waals surface area contributed by atoms with Gasteiger partial charge in [0.2, 0.25) is 0 Å². The second kappa shape index (κ2) is 17.1. The van der Waals surface area contributed by atoms with Crippen LogP contribution in [0.25, 0.3) is 72.6 Å². The van der Waals surface area contributed by atoms with E-state index in [1.807, 2.05) is 30.3 Å². The van der Waals surface area contributed by atoms with E-state index in [1.54, 1.807) is 12.3 Å². The summed E-state index contributed by atoms with van der Waals surface area (Å²) in [5, 5.41) is 2.16. The maximum Gasteiger partial charge on any atom is 0.120 e. The Morgan fingerprint density at radius 3 is 2.13 bits per heavy atom. The third kappa shape index (κ3) is 8.09. The zero-order valence-electron chi connectivity index (χ0n) is 38.1. The topological polar surface area (TPSA) is 56.7 Å². The van der Waals surface area contributed by atoms with Crippen LogP contribution in [-0.4, -0.2) is 19.5 Å². The van der Waals surface area contributed by atoms with Crippen molar-refractivity contribution in [3.63, 3.8) is 0 Å². The number of hydrogen-bond acceptors (Lipinski definition) is 4. The van der Waals surface area contributed by atoms with Gasteiger partial charge in [-0.25, -0.2) is 0 Å². The molecule has 0 fully saturated rings. The van der Waals surface area contributed by atoms with Crippen LogP contribution in [-0.2, 0) is 25.5 Å². The molecular weight excluding hydrogens is 920 g/mol. The molecule has 0 aliphatic rings. The van der Waals surface area contributed by atoms with Crippen LogP contribution in [0, 0.1) is 31.7 Å². The smallest absolute Gasteiger partial charge is 0.120 e. The fraction of sp³-hybridized carbons (Fsp3) is 0.226. The molecule has 0 saturated heterocycles. The Balaban J connectivity index is 0.000000229. The van der Waals surface area contributed by atoms with Crippen molar-refractivity contribution in [2.45, 2.75) is 79.5 Å². The van der Waals surface area contributed by atoms with E-state index in [2.05, 4.69) is 144 Å². The Bertz CT molecular complexity index is 3050. The molecule has 4 aromatic heterocycles. The van der Waals surface area contributed by atoms with Crippen molar-refractivity contribution < 1.29 is 33.0 Å². The van der Waals surface area contributed by atoms with E-state index >= 15 is 0 Å². The summed E-state index contributed by atoms with van der Waals surface area (Å²) in [6, 6.07) is 43.7. The number of furan rings is 1. The minimum Gasteiger partial charge on any atom is -0.501 e. The van der Waals surface area contributed by atoms with Crippen LogP contribution in [0.4, 0.5) is 4.39 Å². The second-order valence-electron chi connectivity index (χ2n) is 16.7. The van der Waals surface area contributed by atoms with Crippen molar-refractivity contribution in [1.29, 1.82) is 0 Å². The van der Waals surface area contributed by atoms with Gasteiger partial charge < -0.3 is 14.0 Å². The molecule has 0 aliphatic heterocycles. The van der Waals surface area contributed by atoms with Gasteiger partial charge in [-0.05, 0) is 58.7 Å². The van der Waals surface area contributed by atoms with Gasteiger partial charge in [-0.15, -0.1) is 42.0 Å². The number of halogens is 1. The molecule has 0 aliphatic carbocycles. The van der Waals surface area contributed by atoms with Gasteiger partial charge in [-0.2, -0.15) is 0 Å². The van der Waals surface area contributed by atoms with Crippen molar-refractivity contribution in [3.8, 4) is 39.6 Å². The minimum absolute atomic E-state index is 0. The largest absolute Gasteiger partial charge is 0.501 e. The number of benzene rings is 5. The predicted octanol–water partition coefficient (Wildman–Crippen LogP) is 14.3. The van der Waals surface area contributed by atoms with Crippen molar-refractivity contribution in [3.05, 3.63) is 167 Å². The summed E-state index contributed by atoms with van der Waals surface area (Å²) in [5.74, 6) is 0.822. The first-order valence-corrected chi connectivity index (χ1v) is 20.1. The Hall–Kier alpha value is -5.75. The summed E-state index contributed by atoms with van der Waals surface area (Å²) in [7, 11) is 0. The number of nitrogens with zero attached hydrogens (tertiary/aromatic N) is 4. The third-order valence-electron chi connectivity index (χ3n) is 10.8. The summed E-state index contributed by atoms with van der Waals surface area (Å²) in [4.78, 5) is 14.6. The maximum atomic E-state index is 14.1. The molecule has 9 aromatic rings. The first kappa shape index (κ1) is 38.5. The van der Waals surface area contributed by atoms with Gasteiger partial charge >= 0.3 is 0 Å². The van der Waals surface area contributed by atoms with Crippen LogP contribution >= 0.6 is 0 Å². The molecule has 5 aromatic carbocycles. The number of imidazole rings is 1. The van der Waals surface area contributed by atoms with Gasteiger partial charge in [0.15, 0.2) is 0 Å². The summed E-state index contributed by atoms with van der Waals surface area (Å²) in [6.07, 6.45) is 1.71. The Kier molecular flexibility index (Phi) is 10.9. The molecule has 4 heterocycles. The zero-order chi connectivity index (χ0) is 44.1. The number of para-hydroxylation sites is 2. The molecule has 305 valence electrons. The minimum atomic E-state index is -2.33. The molecule has 7 heteroatoms. The van der Waals surface area contributed by atoms with Gasteiger partial charge in [0.1, 0.15) is 5.58 Å². The molecular formula is C53H49FIrN4O-2. The van der Waals surface area contributed by atoms with E-state index in [9.17, 15) is 4.39 Å². The van der Waals surface area contributed by atoms with E-state index < -0.39 is 12.7 Å². The summed E-state index contributed by atoms with van der Waals surface area (Å²) >= 11 is 0. The second-order valence-corrected chi connectivity index (χ2v) is 16.7. The third-order valence-corrected chi connectivity index (χ3v) is 10.8. The Morgan fingerprint density at radius 1 is 0.767 bits per heavy atom. The van der Waals surface area contributed by atoms with Gasteiger partial charge in [-0.3, -0.25) is 14.4 Å². The number of aryl methyl sites for hydroxylation is 2.